The highest BCUT2D eigenvalue weighted by Crippen LogP contribution is 2.43. The van der Waals surface area contributed by atoms with Crippen molar-refractivity contribution in [3.63, 3.8) is 0 Å². The van der Waals surface area contributed by atoms with E-state index in [4.69, 9.17) is 14.8 Å². The van der Waals surface area contributed by atoms with Crippen molar-refractivity contribution in [3.8, 4) is 0 Å². The summed E-state index contributed by atoms with van der Waals surface area (Å²) in [4.78, 5) is 22.4. The number of amides is 1. The van der Waals surface area contributed by atoms with Crippen LogP contribution in [0.15, 0.2) is 36.5 Å². The van der Waals surface area contributed by atoms with Crippen LogP contribution in [0.5, 0.6) is 0 Å². The minimum atomic E-state index is -4.39. The third kappa shape index (κ3) is 24.5. The zero-order chi connectivity index (χ0) is 29.9. The zero-order valence-corrected chi connectivity index (χ0v) is 25.8. The summed E-state index contributed by atoms with van der Waals surface area (Å²) >= 11 is 0. The molecule has 40 heavy (non-hydrogen) atoms. The lowest BCUT2D eigenvalue weighted by Crippen LogP contribution is -2.46. The van der Waals surface area contributed by atoms with E-state index in [1.165, 1.54) is 44.6 Å². The van der Waals surface area contributed by atoms with Crippen LogP contribution >= 0.6 is 7.82 Å². The van der Waals surface area contributed by atoms with Crippen LogP contribution in [0.1, 0.15) is 110 Å². The van der Waals surface area contributed by atoms with Crippen molar-refractivity contribution in [3.05, 3.63) is 36.5 Å². The van der Waals surface area contributed by atoms with Gasteiger partial charge >= 0.3 is 7.82 Å². The predicted molar refractivity (Wildman–Crippen MR) is 163 cm³/mol. The minimum Gasteiger partial charge on any atom is -0.393 e. The van der Waals surface area contributed by atoms with Crippen molar-refractivity contribution in [2.24, 2.45) is 5.73 Å². The first-order valence-corrected chi connectivity index (χ1v) is 16.7. The van der Waals surface area contributed by atoms with Crippen LogP contribution < -0.4 is 11.1 Å². The summed E-state index contributed by atoms with van der Waals surface area (Å²) in [5.74, 6) is -0.477. The fourth-order valence-electron chi connectivity index (χ4n) is 3.87. The Hall–Kier alpha value is -1.32. The number of rotatable bonds is 27. The van der Waals surface area contributed by atoms with E-state index in [0.717, 1.165) is 38.5 Å². The summed E-state index contributed by atoms with van der Waals surface area (Å²) in [5.41, 5.74) is 5.30. The highest BCUT2D eigenvalue weighted by Gasteiger charge is 2.27. The summed E-state index contributed by atoms with van der Waals surface area (Å²) in [6.45, 7) is 3.78. The van der Waals surface area contributed by atoms with E-state index in [-0.39, 0.29) is 19.6 Å². The summed E-state index contributed by atoms with van der Waals surface area (Å²) in [7, 11) is -4.39. The standard InChI is InChI=1S/C30H57N2O7P/c1-3-5-7-9-11-13-14-16-18-20-22-29(34)28(26-39-40(36,37)38-24-23-31)32-30(35)25-27(33)21-19-17-15-12-10-8-6-4-2/h10,12-14,20,22,27-29,33-34H,3-9,11,15-19,21,23-26,31H2,1-2H3,(H,32,35)(H,36,37)/b12-10-,14-13+,22-20+. The second-order valence-electron chi connectivity index (χ2n) is 10.1. The summed E-state index contributed by atoms with van der Waals surface area (Å²) < 4.78 is 21.8. The number of phosphoric acid groups is 1. The maximum absolute atomic E-state index is 12.6. The van der Waals surface area contributed by atoms with Crippen molar-refractivity contribution in [2.45, 2.75) is 128 Å². The van der Waals surface area contributed by atoms with E-state index in [1.807, 2.05) is 0 Å². The third-order valence-electron chi connectivity index (χ3n) is 6.24. The average molecular weight is 589 g/mol. The number of nitrogens with two attached hydrogens (primary N) is 1. The van der Waals surface area contributed by atoms with Crippen LogP contribution in [0.2, 0.25) is 0 Å². The van der Waals surface area contributed by atoms with Crippen LogP contribution in [0.4, 0.5) is 0 Å². The highest BCUT2D eigenvalue weighted by atomic mass is 31.2. The molecule has 0 aromatic carbocycles. The second-order valence-corrected chi connectivity index (χ2v) is 11.6. The van der Waals surface area contributed by atoms with Crippen molar-refractivity contribution in [1.82, 2.24) is 5.32 Å². The molecule has 0 radical (unpaired) electrons. The van der Waals surface area contributed by atoms with E-state index < -0.39 is 38.6 Å². The normalized spacial score (nSPS) is 16.1. The topological polar surface area (TPSA) is 151 Å². The van der Waals surface area contributed by atoms with Gasteiger partial charge in [0.05, 0.1) is 37.9 Å². The molecule has 4 atom stereocenters. The van der Waals surface area contributed by atoms with Gasteiger partial charge in [0.15, 0.2) is 0 Å². The number of carbonyl (C=O) groups excluding carboxylic acids is 1. The lowest BCUT2D eigenvalue weighted by atomic mass is 10.1. The van der Waals surface area contributed by atoms with E-state index in [0.29, 0.717) is 12.8 Å². The van der Waals surface area contributed by atoms with Gasteiger partial charge in [0, 0.05) is 6.54 Å². The first-order valence-electron chi connectivity index (χ1n) is 15.2. The average Bonchev–Trinajstić information content (AvgIpc) is 2.92. The predicted octanol–water partition coefficient (Wildman–Crippen LogP) is 5.85. The Morgan fingerprint density at radius 1 is 0.850 bits per heavy atom. The Kier molecular flexibility index (Phi) is 25.7. The maximum atomic E-state index is 12.6. The second kappa shape index (κ2) is 26.6. The van der Waals surface area contributed by atoms with Crippen LogP contribution in [0.3, 0.4) is 0 Å². The Balaban J connectivity index is 4.72. The first kappa shape index (κ1) is 38.7. The molecule has 4 unspecified atom stereocenters. The molecule has 0 fully saturated rings. The Labute approximate surface area is 242 Å². The van der Waals surface area contributed by atoms with Gasteiger partial charge < -0.3 is 26.2 Å². The summed E-state index contributed by atoms with van der Waals surface area (Å²) in [5, 5.41) is 23.6. The Bertz CT molecular complexity index is 746. The SMILES string of the molecule is CCCC/C=C\CCCCC(O)CC(=O)NC(COP(=O)(O)OCCN)C(O)/C=C/CC/C=C/CCCCCC. The number of aliphatic hydroxyl groups excluding tert-OH is 2. The molecule has 6 N–H and O–H groups in total. The molecule has 1 amide bonds. The van der Waals surface area contributed by atoms with Crippen LogP contribution in [-0.2, 0) is 18.4 Å². The van der Waals surface area contributed by atoms with Gasteiger partial charge in [0.25, 0.3) is 0 Å². The molecule has 0 aromatic heterocycles. The van der Waals surface area contributed by atoms with Gasteiger partial charge in [-0.25, -0.2) is 4.57 Å². The van der Waals surface area contributed by atoms with Gasteiger partial charge in [-0.05, 0) is 51.4 Å². The lowest BCUT2D eigenvalue weighted by molar-refractivity contribution is -0.124. The zero-order valence-electron chi connectivity index (χ0n) is 24.9. The summed E-state index contributed by atoms with van der Waals surface area (Å²) in [6.07, 6.45) is 24.0. The quantitative estimate of drug-likeness (QED) is 0.0456. The molecule has 0 saturated heterocycles. The Morgan fingerprint density at radius 3 is 2.10 bits per heavy atom. The van der Waals surface area contributed by atoms with E-state index in [2.05, 4.69) is 43.5 Å². The lowest BCUT2D eigenvalue weighted by Gasteiger charge is -2.24. The van der Waals surface area contributed by atoms with Crippen molar-refractivity contribution >= 4 is 13.7 Å². The number of hydrogen-bond acceptors (Lipinski definition) is 7. The number of hydrogen-bond donors (Lipinski definition) is 5. The van der Waals surface area contributed by atoms with Crippen LogP contribution in [-0.4, -0.2) is 59.0 Å². The molecule has 234 valence electrons. The molecule has 0 aliphatic heterocycles. The van der Waals surface area contributed by atoms with E-state index >= 15 is 0 Å². The number of unbranched alkanes of at least 4 members (excludes halogenated alkanes) is 9. The molecule has 0 aromatic rings. The number of nitrogens with one attached hydrogen (secondary N) is 1. The van der Waals surface area contributed by atoms with Crippen LogP contribution in [0, 0.1) is 0 Å². The molecule has 0 aliphatic rings. The molecule has 0 spiro atoms. The van der Waals surface area contributed by atoms with Gasteiger partial charge in [-0.1, -0.05) is 88.8 Å². The van der Waals surface area contributed by atoms with Crippen LogP contribution in [0.25, 0.3) is 0 Å². The highest BCUT2D eigenvalue weighted by molar-refractivity contribution is 7.47. The number of phosphoric ester groups is 1. The third-order valence-corrected chi connectivity index (χ3v) is 7.23. The van der Waals surface area contributed by atoms with E-state index in [9.17, 15) is 24.5 Å². The monoisotopic (exact) mass is 588 g/mol. The molecule has 0 aliphatic carbocycles. The van der Waals surface area contributed by atoms with Gasteiger partial charge in [-0.2, -0.15) is 0 Å². The molecule has 0 bridgehead atoms. The van der Waals surface area contributed by atoms with Crippen molar-refractivity contribution in [2.75, 3.05) is 19.8 Å². The molecule has 0 rings (SSSR count). The van der Waals surface area contributed by atoms with Crippen molar-refractivity contribution in [1.29, 1.82) is 0 Å². The smallest absolute Gasteiger partial charge is 0.393 e. The first-order chi connectivity index (χ1) is 19.3. The molecule has 0 heterocycles. The van der Waals surface area contributed by atoms with Gasteiger partial charge in [-0.3, -0.25) is 13.8 Å². The number of allylic oxidation sites excluding steroid dienone is 5. The molecule has 10 heteroatoms. The minimum absolute atomic E-state index is 0.0413. The molecule has 9 nitrogen and oxygen atoms in total. The molecule has 0 saturated carbocycles. The van der Waals surface area contributed by atoms with Gasteiger partial charge in [0.1, 0.15) is 0 Å². The summed E-state index contributed by atoms with van der Waals surface area (Å²) in [6, 6.07) is -1.000. The Morgan fingerprint density at radius 2 is 1.45 bits per heavy atom. The van der Waals surface area contributed by atoms with Crippen molar-refractivity contribution < 1.29 is 33.5 Å². The number of carbonyl (C=O) groups is 1. The molecular weight excluding hydrogens is 531 g/mol. The maximum Gasteiger partial charge on any atom is 0.472 e. The number of aliphatic hydroxyl groups is 2. The van der Waals surface area contributed by atoms with Gasteiger partial charge in [-0.15, -0.1) is 0 Å². The fourth-order valence-corrected chi connectivity index (χ4v) is 4.63. The largest absolute Gasteiger partial charge is 0.472 e. The fraction of sp³-hybridized carbons (Fsp3) is 0.767. The van der Waals surface area contributed by atoms with Gasteiger partial charge in [0.2, 0.25) is 5.91 Å². The van der Waals surface area contributed by atoms with E-state index in [1.54, 1.807) is 6.08 Å². The molecular formula is C30H57N2O7P.